The molecule has 0 spiro atoms. The van der Waals surface area contributed by atoms with Gasteiger partial charge in [0.15, 0.2) is 0 Å². The number of rotatable bonds is 1. The highest BCUT2D eigenvalue weighted by Crippen LogP contribution is 2.23. The molecule has 11 heavy (non-hydrogen) atoms. The number of hydrogen-bond donors (Lipinski definition) is 0. The molecule has 0 saturated heterocycles. The zero-order valence-electron chi connectivity index (χ0n) is 5.75. The van der Waals surface area contributed by atoms with Gasteiger partial charge in [0.1, 0.15) is 0 Å². The lowest BCUT2D eigenvalue weighted by Gasteiger charge is -1.94. The molecule has 2 rings (SSSR count). The molecule has 3 heteroatoms. The van der Waals surface area contributed by atoms with Crippen molar-refractivity contribution < 1.29 is 0 Å². The third-order valence-corrected chi connectivity index (χ3v) is 3.10. The lowest BCUT2D eigenvalue weighted by Crippen LogP contribution is -1.75. The Morgan fingerprint density at radius 3 is 3.18 bits per heavy atom. The minimum atomic E-state index is 0.909. The molecule has 1 heterocycles. The molecule has 0 amide bonds. The monoisotopic (exact) mass is 227 g/mol. The molecule has 0 fully saturated rings. The van der Waals surface area contributed by atoms with Crippen LogP contribution in [0.15, 0.2) is 23.7 Å². The SMILES string of the molecule is BrCc1cccc2ncsc12. The molecule has 56 valence electrons. The molecule has 0 saturated carbocycles. The Morgan fingerprint density at radius 1 is 1.45 bits per heavy atom. The van der Waals surface area contributed by atoms with E-state index >= 15 is 0 Å². The first-order valence-electron chi connectivity index (χ1n) is 3.29. The van der Waals surface area contributed by atoms with E-state index in [1.807, 2.05) is 17.6 Å². The maximum absolute atomic E-state index is 4.22. The van der Waals surface area contributed by atoms with Crippen molar-refractivity contribution in [2.75, 3.05) is 0 Å². The number of halogens is 1. The van der Waals surface area contributed by atoms with Gasteiger partial charge < -0.3 is 0 Å². The second-order valence-corrected chi connectivity index (χ2v) is 3.67. The summed E-state index contributed by atoms with van der Waals surface area (Å²) in [4.78, 5) is 4.22. The molecule has 1 nitrogen and oxygen atoms in total. The maximum Gasteiger partial charge on any atom is 0.0815 e. The molecule has 2 aromatic rings. The number of thiazole rings is 1. The van der Waals surface area contributed by atoms with E-state index < -0.39 is 0 Å². The van der Waals surface area contributed by atoms with Gasteiger partial charge in [0.05, 0.1) is 15.7 Å². The summed E-state index contributed by atoms with van der Waals surface area (Å²) in [5, 5.41) is 0.909. The number of alkyl halides is 1. The van der Waals surface area contributed by atoms with Crippen LogP contribution in [0.5, 0.6) is 0 Å². The Kier molecular flexibility index (Phi) is 1.92. The summed E-state index contributed by atoms with van der Waals surface area (Å²) < 4.78 is 1.30. The van der Waals surface area contributed by atoms with Gasteiger partial charge in [0.2, 0.25) is 0 Å². The van der Waals surface area contributed by atoms with Crippen LogP contribution >= 0.6 is 27.3 Å². The Hall–Kier alpha value is -0.410. The molecule has 0 unspecified atom stereocenters. The zero-order chi connectivity index (χ0) is 7.68. The summed E-state index contributed by atoms with van der Waals surface area (Å²) in [5.41, 5.74) is 4.31. The second-order valence-electron chi connectivity index (χ2n) is 2.25. The van der Waals surface area contributed by atoms with Crippen LogP contribution in [-0.2, 0) is 5.33 Å². The number of benzene rings is 1. The summed E-state index contributed by atoms with van der Waals surface area (Å²) in [6.45, 7) is 0. The molecular weight excluding hydrogens is 222 g/mol. The van der Waals surface area contributed by atoms with Gasteiger partial charge >= 0.3 is 0 Å². The van der Waals surface area contributed by atoms with E-state index in [1.165, 1.54) is 10.3 Å². The number of fused-ring (bicyclic) bond motifs is 1. The minimum Gasteiger partial charge on any atom is -0.245 e. The highest BCUT2D eigenvalue weighted by Gasteiger charge is 1.99. The van der Waals surface area contributed by atoms with Crippen molar-refractivity contribution in [1.29, 1.82) is 0 Å². The first kappa shape index (κ1) is 7.25. The minimum absolute atomic E-state index is 0.909. The Balaban J connectivity index is 2.79. The smallest absolute Gasteiger partial charge is 0.0815 e. The third kappa shape index (κ3) is 1.19. The maximum atomic E-state index is 4.22. The van der Waals surface area contributed by atoms with Gasteiger partial charge in [-0.2, -0.15) is 0 Å². The fourth-order valence-corrected chi connectivity index (χ4v) is 2.51. The van der Waals surface area contributed by atoms with Gasteiger partial charge in [-0.15, -0.1) is 11.3 Å². The van der Waals surface area contributed by atoms with Gasteiger partial charge in [0, 0.05) is 5.33 Å². The first-order chi connectivity index (χ1) is 5.42. The largest absolute Gasteiger partial charge is 0.245 e. The van der Waals surface area contributed by atoms with Crippen LogP contribution in [0.25, 0.3) is 10.2 Å². The molecular formula is C8H6BrNS. The van der Waals surface area contributed by atoms with Crippen LogP contribution in [0, 0.1) is 0 Å². The van der Waals surface area contributed by atoms with Gasteiger partial charge in [-0.3, -0.25) is 0 Å². The predicted molar refractivity (Wildman–Crippen MR) is 52.3 cm³/mol. The van der Waals surface area contributed by atoms with Crippen molar-refractivity contribution in [3.63, 3.8) is 0 Å². The van der Waals surface area contributed by atoms with Gasteiger partial charge in [0.25, 0.3) is 0 Å². The topological polar surface area (TPSA) is 12.9 Å². The van der Waals surface area contributed by atoms with Gasteiger partial charge in [-0.25, -0.2) is 4.98 Å². The van der Waals surface area contributed by atoms with E-state index in [0.29, 0.717) is 0 Å². The second kappa shape index (κ2) is 2.91. The summed E-state index contributed by atoms with van der Waals surface area (Å²) in [6.07, 6.45) is 0. The van der Waals surface area contributed by atoms with E-state index in [1.54, 1.807) is 11.3 Å². The van der Waals surface area contributed by atoms with Crippen molar-refractivity contribution in [2.24, 2.45) is 0 Å². The lowest BCUT2D eigenvalue weighted by atomic mass is 10.2. The summed E-state index contributed by atoms with van der Waals surface area (Å²) in [6, 6.07) is 6.20. The first-order valence-corrected chi connectivity index (χ1v) is 5.29. The quantitative estimate of drug-likeness (QED) is 0.683. The molecule has 1 aromatic carbocycles. The van der Waals surface area contributed by atoms with E-state index in [-0.39, 0.29) is 0 Å². The van der Waals surface area contributed by atoms with E-state index in [9.17, 15) is 0 Å². The van der Waals surface area contributed by atoms with Crippen LogP contribution in [0.1, 0.15) is 5.56 Å². The molecule has 0 radical (unpaired) electrons. The van der Waals surface area contributed by atoms with Crippen molar-refractivity contribution in [2.45, 2.75) is 5.33 Å². The standard InChI is InChI=1S/C8H6BrNS/c9-4-6-2-1-3-7-8(6)11-5-10-7/h1-3,5H,4H2. The van der Waals surface area contributed by atoms with Gasteiger partial charge in [-0.05, 0) is 11.6 Å². The Labute approximate surface area is 77.2 Å². The average molecular weight is 228 g/mol. The zero-order valence-corrected chi connectivity index (χ0v) is 8.15. The highest BCUT2D eigenvalue weighted by atomic mass is 79.9. The van der Waals surface area contributed by atoms with Crippen molar-refractivity contribution in [3.05, 3.63) is 29.3 Å². The lowest BCUT2D eigenvalue weighted by molar-refractivity contribution is 1.46. The van der Waals surface area contributed by atoms with Crippen molar-refractivity contribution >= 4 is 37.5 Å². The highest BCUT2D eigenvalue weighted by molar-refractivity contribution is 9.08. The molecule has 0 bridgehead atoms. The summed E-state index contributed by atoms with van der Waals surface area (Å²) >= 11 is 5.14. The number of aromatic nitrogens is 1. The molecule has 0 aliphatic heterocycles. The summed E-state index contributed by atoms with van der Waals surface area (Å²) in [5.74, 6) is 0. The van der Waals surface area contributed by atoms with Crippen molar-refractivity contribution in [1.82, 2.24) is 4.98 Å². The molecule has 0 atom stereocenters. The third-order valence-electron chi connectivity index (χ3n) is 1.58. The number of hydrogen-bond acceptors (Lipinski definition) is 2. The van der Waals surface area contributed by atoms with Crippen LogP contribution in [0.2, 0.25) is 0 Å². The molecule has 0 N–H and O–H groups in total. The fourth-order valence-electron chi connectivity index (χ4n) is 1.05. The number of nitrogens with zero attached hydrogens (tertiary/aromatic N) is 1. The molecule has 0 aliphatic carbocycles. The van der Waals surface area contributed by atoms with E-state index in [2.05, 4.69) is 27.0 Å². The van der Waals surface area contributed by atoms with E-state index in [0.717, 1.165) is 10.8 Å². The molecule has 1 aromatic heterocycles. The van der Waals surface area contributed by atoms with Gasteiger partial charge in [-0.1, -0.05) is 28.1 Å². The van der Waals surface area contributed by atoms with Crippen LogP contribution in [0.3, 0.4) is 0 Å². The molecule has 0 aliphatic rings. The summed E-state index contributed by atoms with van der Waals surface area (Å²) in [7, 11) is 0. The average Bonchev–Trinajstić information content (AvgIpc) is 2.50. The van der Waals surface area contributed by atoms with E-state index in [4.69, 9.17) is 0 Å². The fraction of sp³-hybridized carbons (Fsp3) is 0.125. The Bertz CT molecular complexity index is 369. The van der Waals surface area contributed by atoms with Crippen LogP contribution in [0.4, 0.5) is 0 Å². The van der Waals surface area contributed by atoms with Crippen LogP contribution in [-0.4, -0.2) is 4.98 Å². The van der Waals surface area contributed by atoms with Crippen LogP contribution < -0.4 is 0 Å². The predicted octanol–water partition coefficient (Wildman–Crippen LogP) is 3.19. The Morgan fingerprint density at radius 2 is 2.36 bits per heavy atom. The normalized spacial score (nSPS) is 10.6. The van der Waals surface area contributed by atoms with Crippen molar-refractivity contribution in [3.8, 4) is 0 Å².